The molecule has 0 aromatic heterocycles. The summed E-state index contributed by atoms with van der Waals surface area (Å²) in [6.45, 7) is 1.66. The minimum atomic E-state index is -3.67. The van der Waals surface area contributed by atoms with Gasteiger partial charge in [0.25, 0.3) is 0 Å². The molecule has 0 spiro atoms. The summed E-state index contributed by atoms with van der Waals surface area (Å²) in [6, 6.07) is 4.14. The summed E-state index contributed by atoms with van der Waals surface area (Å²) in [7, 11) is 0. The normalized spacial score (nSPS) is 14.1. The summed E-state index contributed by atoms with van der Waals surface area (Å²) >= 11 is 10.4. The molecule has 1 nitrogen and oxygen atoms in total. The molecule has 0 amide bonds. The van der Waals surface area contributed by atoms with Gasteiger partial charge >= 0.3 is 5.38 Å². The van der Waals surface area contributed by atoms with Crippen LogP contribution < -0.4 is 0 Å². The number of aryl methyl sites for hydroxylation is 1. The third kappa shape index (κ3) is 2.56. The maximum Gasteiger partial charge on any atom is 0.351 e. The Morgan fingerprint density at radius 3 is 2.43 bits per heavy atom. The quantitative estimate of drug-likeness (QED) is 0.785. The van der Waals surface area contributed by atoms with E-state index in [-0.39, 0.29) is 5.56 Å². The zero-order valence-corrected chi connectivity index (χ0v) is 8.78. The van der Waals surface area contributed by atoms with E-state index in [0.29, 0.717) is 10.6 Å². The zero-order chi connectivity index (χ0) is 10.9. The van der Waals surface area contributed by atoms with E-state index >= 15 is 0 Å². The van der Waals surface area contributed by atoms with Gasteiger partial charge in [-0.05, 0) is 35.7 Å². The van der Waals surface area contributed by atoms with Crippen molar-refractivity contribution in [2.75, 3.05) is 0 Å². The smallest absolute Gasteiger partial charge is 0.351 e. The molecule has 78 valence electrons. The van der Waals surface area contributed by atoms with Crippen LogP contribution in [0.5, 0.6) is 0 Å². The predicted octanol–water partition coefficient (Wildman–Crippen LogP) is 3.51. The second kappa shape index (κ2) is 4.01. The van der Waals surface area contributed by atoms with Gasteiger partial charge in [-0.2, -0.15) is 8.78 Å². The Morgan fingerprint density at radius 1 is 1.43 bits per heavy atom. The number of aliphatic hydroxyl groups is 1. The van der Waals surface area contributed by atoms with Crippen LogP contribution in [0, 0.1) is 6.92 Å². The Bertz CT molecular complexity index is 336. The van der Waals surface area contributed by atoms with Crippen molar-refractivity contribution in [1.29, 1.82) is 0 Å². The number of benzene rings is 1. The van der Waals surface area contributed by atoms with Gasteiger partial charge in [-0.15, -0.1) is 0 Å². The van der Waals surface area contributed by atoms with E-state index in [9.17, 15) is 8.78 Å². The van der Waals surface area contributed by atoms with Crippen LogP contribution in [-0.2, 0) is 0 Å². The second-order valence-corrected chi connectivity index (χ2v) is 3.86. The van der Waals surface area contributed by atoms with Crippen LogP contribution in [0.3, 0.4) is 0 Å². The minimum absolute atomic E-state index is 0.0481. The Hall–Kier alpha value is -0.380. The molecule has 1 unspecified atom stereocenters. The summed E-state index contributed by atoms with van der Waals surface area (Å²) in [5, 5.41) is 5.94. The van der Waals surface area contributed by atoms with Gasteiger partial charge in [0.1, 0.15) is 0 Å². The lowest BCUT2D eigenvalue weighted by molar-refractivity contribution is -0.0424. The Labute approximate surface area is 90.3 Å². The maximum absolute atomic E-state index is 12.5. The minimum Gasteiger partial charge on any atom is -0.381 e. The highest BCUT2D eigenvalue weighted by molar-refractivity contribution is 6.31. The van der Waals surface area contributed by atoms with Crippen molar-refractivity contribution < 1.29 is 13.9 Å². The van der Waals surface area contributed by atoms with Gasteiger partial charge in [-0.1, -0.05) is 23.7 Å². The third-order valence-corrected chi connectivity index (χ3v) is 2.44. The van der Waals surface area contributed by atoms with Crippen molar-refractivity contribution in [3.63, 3.8) is 0 Å². The van der Waals surface area contributed by atoms with Gasteiger partial charge in [0.05, 0.1) is 0 Å². The van der Waals surface area contributed by atoms with Crippen molar-refractivity contribution in [2.24, 2.45) is 0 Å². The number of halogens is 4. The number of aliphatic hydroxyl groups excluding tert-OH is 1. The summed E-state index contributed by atoms with van der Waals surface area (Å²) < 4.78 is 25.0. The van der Waals surface area contributed by atoms with E-state index in [1.165, 1.54) is 18.2 Å². The predicted molar refractivity (Wildman–Crippen MR) is 51.9 cm³/mol. The standard InChI is InChI=1S/C9H8Cl2F2O/c1-5-4-6(2-3-7(5)10)8(14)9(11,12)13/h2-4,8,14H,1H3. The van der Waals surface area contributed by atoms with Gasteiger partial charge in [0.2, 0.25) is 0 Å². The molecule has 0 saturated heterocycles. The zero-order valence-electron chi connectivity index (χ0n) is 7.27. The number of rotatable bonds is 2. The molecule has 14 heavy (non-hydrogen) atoms. The molecule has 1 N–H and O–H groups in total. The number of alkyl halides is 3. The van der Waals surface area contributed by atoms with Gasteiger partial charge in [-0.3, -0.25) is 0 Å². The molecule has 1 rings (SSSR count). The topological polar surface area (TPSA) is 20.2 Å². The lowest BCUT2D eigenvalue weighted by Crippen LogP contribution is -2.18. The third-order valence-electron chi connectivity index (χ3n) is 1.81. The van der Waals surface area contributed by atoms with Gasteiger partial charge in [0, 0.05) is 5.02 Å². The molecule has 1 aromatic rings. The Balaban J connectivity index is 3.03. The first-order valence-electron chi connectivity index (χ1n) is 3.83. The molecular formula is C9H8Cl2F2O. The van der Waals surface area contributed by atoms with Crippen molar-refractivity contribution >= 4 is 23.2 Å². The van der Waals surface area contributed by atoms with Crippen molar-refractivity contribution in [2.45, 2.75) is 18.4 Å². The number of hydrogen-bond acceptors (Lipinski definition) is 1. The molecule has 0 bridgehead atoms. The molecule has 1 aromatic carbocycles. The highest BCUT2D eigenvalue weighted by atomic mass is 35.5. The monoisotopic (exact) mass is 240 g/mol. The first kappa shape index (κ1) is 11.7. The second-order valence-electron chi connectivity index (χ2n) is 2.95. The van der Waals surface area contributed by atoms with Crippen LogP contribution in [0.2, 0.25) is 5.02 Å². The summed E-state index contributed by atoms with van der Waals surface area (Å²) in [6.07, 6.45) is -2.01. The molecule has 0 aliphatic rings. The van der Waals surface area contributed by atoms with Crippen LogP contribution in [0.1, 0.15) is 17.2 Å². The summed E-state index contributed by atoms with van der Waals surface area (Å²) in [5.41, 5.74) is 0.663. The van der Waals surface area contributed by atoms with E-state index in [4.69, 9.17) is 28.3 Å². The maximum atomic E-state index is 12.5. The van der Waals surface area contributed by atoms with E-state index in [1.54, 1.807) is 6.92 Å². The Morgan fingerprint density at radius 2 is 2.00 bits per heavy atom. The van der Waals surface area contributed by atoms with Crippen LogP contribution in [0.4, 0.5) is 8.78 Å². The molecule has 0 heterocycles. The van der Waals surface area contributed by atoms with Crippen LogP contribution in [-0.4, -0.2) is 10.5 Å². The lowest BCUT2D eigenvalue weighted by Gasteiger charge is -2.16. The average molecular weight is 241 g/mol. The van der Waals surface area contributed by atoms with E-state index in [1.807, 2.05) is 0 Å². The molecular weight excluding hydrogens is 233 g/mol. The van der Waals surface area contributed by atoms with Gasteiger partial charge in [0.15, 0.2) is 6.10 Å². The fraction of sp³-hybridized carbons (Fsp3) is 0.333. The SMILES string of the molecule is Cc1cc(C(O)C(F)(F)Cl)ccc1Cl. The highest BCUT2D eigenvalue weighted by Gasteiger charge is 2.36. The number of hydrogen-bond donors (Lipinski definition) is 1. The molecule has 0 saturated carbocycles. The highest BCUT2D eigenvalue weighted by Crippen LogP contribution is 2.35. The molecule has 0 aliphatic heterocycles. The fourth-order valence-corrected chi connectivity index (χ4v) is 1.27. The van der Waals surface area contributed by atoms with Crippen LogP contribution in [0.15, 0.2) is 18.2 Å². The molecule has 1 atom stereocenters. The van der Waals surface area contributed by atoms with E-state index in [0.717, 1.165) is 0 Å². The van der Waals surface area contributed by atoms with Crippen LogP contribution in [0.25, 0.3) is 0 Å². The van der Waals surface area contributed by atoms with E-state index < -0.39 is 11.5 Å². The summed E-state index contributed by atoms with van der Waals surface area (Å²) in [4.78, 5) is 0. The molecule has 0 radical (unpaired) electrons. The average Bonchev–Trinajstić information content (AvgIpc) is 2.07. The molecule has 0 fully saturated rings. The fourth-order valence-electron chi connectivity index (χ4n) is 1.03. The van der Waals surface area contributed by atoms with Crippen LogP contribution >= 0.6 is 23.2 Å². The van der Waals surface area contributed by atoms with E-state index in [2.05, 4.69) is 0 Å². The first-order chi connectivity index (χ1) is 6.32. The van der Waals surface area contributed by atoms with Gasteiger partial charge < -0.3 is 5.11 Å². The van der Waals surface area contributed by atoms with Crippen molar-refractivity contribution in [1.82, 2.24) is 0 Å². The van der Waals surface area contributed by atoms with Crippen molar-refractivity contribution in [3.8, 4) is 0 Å². The molecule has 0 aliphatic carbocycles. The summed E-state index contributed by atoms with van der Waals surface area (Å²) in [5.74, 6) is 0. The van der Waals surface area contributed by atoms with Crippen molar-refractivity contribution in [3.05, 3.63) is 34.3 Å². The molecule has 5 heteroatoms. The Kier molecular flexibility index (Phi) is 3.35. The first-order valence-corrected chi connectivity index (χ1v) is 4.59. The van der Waals surface area contributed by atoms with Gasteiger partial charge in [-0.25, -0.2) is 0 Å². The lowest BCUT2D eigenvalue weighted by atomic mass is 10.1. The largest absolute Gasteiger partial charge is 0.381 e.